The first-order chi connectivity index (χ1) is 19.9. The Labute approximate surface area is 241 Å². The van der Waals surface area contributed by atoms with Gasteiger partial charge in [0, 0.05) is 13.0 Å². The lowest BCUT2D eigenvalue weighted by Gasteiger charge is -2.40. The van der Waals surface area contributed by atoms with Gasteiger partial charge in [-0.25, -0.2) is 15.1 Å². The Morgan fingerprint density at radius 3 is 2.22 bits per heavy atom. The van der Waals surface area contributed by atoms with Crippen molar-refractivity contribution in [3.63, 3.8) is 0 Å². The zero-order chi connectivity index (χ0) is 29.5. The number of quaternary nitrogens is 1. The van der Waals surface area contributed by atoms with Gasteiger partial charge in [-0.3, -0.25) is 9.63 Å². The maximum Gasteiger partial charge on any atom is 0.521 e. The Balaban J connectivity index is 1.75. The maximum absolute atomic E-state index is 14.1. The molecule has 1 aliphatic rings. The predicted octanol–water partition coefficient (Wildman–Crippen LogP) is 4.34. The van der Waals surface area contributed by atoms with Gasteiger partial charge in [0.2, 0.25) is 11.9 Å². The number of hydrogen-bond donors (Lipinski definition) is 3. The number of carboxylic acid groups (broad SMARTS) is 1. The van der Waals surface area contributed by atoms with Crippen molar-refractivity contribution in [2.45, 2.75) is 71.1 Å². The van der Waals surface area contributed by atoms with Crippen LogP contribution in [0.5, 0.6) is 0 Å². The lowest BCUT2D eigenvalue weighted by atomic mass is 9.92. The van der Waals surface area contributed by atoms with Crippen LogP contribution in [-0.4, -0.2) is 59.1 Å². The van der Waals surface area contributed by atoms with Crippen LogP contribution in [0.4, 0.5) is 4.79 Å². The molecule has 3 atom stereocenters. The van der Waals surface area contributed by atoms with Crippen molar-refractivity contribution in [3.05, 3.63) is 71.8 Å². The highest BCUT2D eigenvalue weighted by molar-refractivity contribution is 5.90. The second kappa shape index (κ2) is 16.6. The van der Waals surface area contributed by atoms with E-state index in [4.69, 9.17) is 9.57 Å². The number of carbonyl (C=O) groups is 4. The molecule has 0 spiro atoms. The van der Waals surface area contributed by atoms with Gasteiger partial charge in [0.15, 0.2) is 0 Å². The Morgan fingerprint density at radius 2 is 1.59 bits per heavy atom. The minimum atomic E-state index is -1.42. The van der Waals surface area contributed by atoms with E-state index in [9.17, 15) is 24.3 Å². The summed E-state index contributed by atoms with van der Waals surface area (Å²) in [5, 5.41) is 13.5. The molecular formula is C31H42N3O7+. The van der Waals surface area contributed by atoms with Crippen LogP contribution in [0.25, 0.3) is 0 Å². The topological polar surface area (TPSA) is 131 Å². The summed E-state index contributed by atoms with van der Waals surface area (Å²) in [4.78, 5) is 58.4. The smallest absolute Gasteiger partial charge is 0.456 e. The third-order valence-corrected chi connectivity index (χ3v) is 7.45. The van der Waals surface area contributed by atoms with Crippen LogP contribution in [0.3, 0.4) is 0 Å². The Kier molecular flexibility index (Phi) is 12.9. The number of nitrogens with one attached hydrogen (secondary N) is 2. The van der Waals surface area contributed by atoms with Gasteiger partial charge in [0.1, 0.15) is 13.2 Å². The van der Waals surface area contributed by atoms with Crippen molar-refractivity contribution in [1.29, 1.82) is 0 Å². The first kappa shape index (κ1) is 31.9. The van der Waals surface area contributed by atoms with Crippen molar-refractivity contribution in [2.24, 2.45) is 5.92 Å². The fourth-order valence-corrected chi connectivity index (χ4v) is 5.15. The molecule has 1 fully saturated rings. The predicted molar refractivity (Wildman–Crippen MR) is 152 cm³/mol. The number of piperazine rings is 1. The zero-order valence-electron chi connectivity index (χ0n) is 23.8. The Hall–Kier alpha value is -3.60. The maximum atomic E-state index is 14.1. The third kappa shape index (κ3) is 9.21. The molecule has 1 saturated heterocycles. The molecule has 222 valence electrons. The van der Waals surface area contributed by atoms with Crippen molar-refractivity contribution < 1.29 is 38.3 Å². The van der Waals surface area contributed by atoms with Gasteiger partial charge in [-0.1, -0.05) is 99.7 Å². The third-order valence-electron chi connectivity index (χ3n) is 7.45. The van der Waals surface area contributed by atoms with E-state index in [-0.39, 0.29) is 39.3 Å². The summed E-state index contributed by atoms with van der Waals surface area (Å²) >= 11 is 0. The SMILES string of the molecule is CCCCCCC[C@H](CC(=O)NOCc1ccccc1)C(=O)[N@@+]1(C(=O)O)CCNCC1C(=O)OCc1ccccc1. The minimum Gasteiger partial charge on any atom is -0.456 e. The van der Waals surface area contributed by atoms with Gasteiger partial charge >= 0.3 is 18.0 Å². The quantitative estimate of drug-likeness (QED) is 0.125. The second-order valence-corrected chi connectivity index (χ2v) is 10.4. The van der Waals surface area contributed by atoms with Crippen molar-refractivity contribution >= 4 is 23.9 Å². The first-order valence-corrected chi connectivity index (χ1v) is 14.4. The second-order valence-electron chi connectivity index (χ2n) is 10.4. The number of benzene rings is 2. The first-order valence-electron chi connectivity index (χ1n) is 14.4. The number of esters is 1. The number of ether oxygens (including phenoxy) is 1. The molecule has 0 bridgehead atoms. The number of unbranched alkanes of at least 4 members (excludes halogenated alkanes) is 4. The van der Waals surface area contributed by atoms with Gasteiger partial charge in [-0.05, 0) is 17.5 Å². The van der Waals surface area contributed by atoms with Crippen molar-refractivity contribution in [1.82, 2.24) is 10.8 Å². The molecule has 1 unspecified atom stereocenters. The molecule has 0 saturated carbocycles. The van der Waals surface area contributed by atoms with Crippen LogP contribution in [0, 0.1) is 5.92 Å². The normalized spacial score (nSPS) is 19.2. The van der Waals surface area contributed by atoms with E-state index in [1.54, 1.807) is 12.1 Å². The number of hydroxylamine groups is 1. The van der Waals surface area contributed by atoms with Crippen molar-refractivity contribution in [3.8, 4) is 0 Å². The molecule has 0 aliphatic carbocycles. The monoisotopic (exact) mass is 568 g/mol. The van der Waals surface area contributed by atoms with E-state index in [1.165, 1.54) is 0 Å². The molecule has 1 aliphatic heterocycles. The summed E-state index contributed by atoms with van der Waals surface area (Å²) in [6.07, 6.45) is 3.30. The van der Waals surface area contributed by atoms with E-state index in [0.29, 0.717) is 12.8 Å². The highest BCUT2D eigenvalue weighted by atomic mass is 16.6. The molecule has 41 heavy (non-hydrogen) atoms. The average Bonchev–Trinajstić information content (AvgIpc) is 2.99. The van der Waals surface area contributed by atoms with E-state index >= 15 is 0 Å². The molecule has 2 aromatic rings. The number of nitrogens with zero attached hydrogens (tertiary/aromatic N) is 1. The summed E-state index contributed by atoms with van der Waals surface area (Å²) in [6.45, 7) is 2.30. The van der Waals surface area contributed by atoms with Crippen LogP contribution in [0.1, 0.15) is 63.0 Å². The van der Waals surface area contributed by atoms with Crippen LogP contribution in [0.2, 0.25) is 0 Å². The molecule has 0 radical (unpaired) electrons. The molecule has 2 aromatic carbocycles. The lowest BCUT2D eigenvalue weighted by Crippen LogP contribution is -2.73. The van der Waals surface area contributed by atoms with Crippen LogP contribution in [0.15, 0.2) is 60.7 Å². The number of rotatable bonds is 15. The van der Waals surface area contributed by atoms with Crippen LogP contribution < -0.4 is 10.8 Å². The Morgan fingerprint density at radius 1 is 0.951 bits per heavy atom. The molecular weight excluding hydrogens is 526 g/mol. The van der Waals surface area contributed by atoms with Gasteiger partial charge in [0.05, 0.1) is 19.1 Å². The molecule has 3 amide bonds. The largest absolute Gasteiger partial charge is 0.521 e. The summed E-state index contributed by atoms with van der Waals surface area (Å²) in [6, 6.07) is 17.1. The summed E-state index contributed by atoms with van der Waals surface area (Å²) in [5.41, 5.74) is 4.01. The summed E-state index contributed by atoms with van der Waals surface area (Å²) < 4.78 is 4.40. The fraction of sp³-hybridized carbons (Fsp3) is 0.484. The van der Waals surface area contributed by atoms with Crippen LogP contribution in [-0.2, 0) is 37.2 Å². The Bertz CT molecular complexity index is 1130. The number of amides is 3. The van der Waals surface area contributed by atoms with Crippen LogP contribution >= 0.6 is 0 Å². The van der Waals surface area contributed by atoms with Gasteiger partial charge in [-0.2, -0.15) is 4.79 Å². The molecule has 1 heterocycles. The van der Waals surface area contributed by atoms with Crippen molar-refractivity contribution in [2.75, 3.05) is 19.6 Å². The average molecular weight is 569 g/mol. The van der Waals surface area contributed by atoms with E-state index in [1.807, 2.05) is 48.5 Å². The van der Waals surface area contributed by atoms with Gasteiger partial charge < -0.3 is 15.2 Å². The van der Waals surface area contributed by atoms with E-state index in [2.05, 4.69) is 17.7 Å². The number of imide groups is 1. The standard InChI is InChI=1S/C31H41N3O7/c1-2-3-4-5-12-17-26(20-28(35)33-41-23-25-15-10-7-11-16-25)29(36)34(31(38)39)19-18-32-21-27(34)30(37)40-22-24-13-8-6-9-14-24/h6-11,13-16,26-27,32H,2-5,12,17-23H2,1H3,(H-,33,35,38,39)/p+1/t26-,27?,34-/m1/s1. The number of hydrogen-bond acceptors (Lipinski definition) is 7. The fourth-order valence-electron chi connectivity index (χ4n) is 5.15. The number of carbonyl (C=O) groups excluding carboxylic acids is 3. The lowest BCUT2D eigenvalue weighted by molar-refractivity contribution is -0.804. The van der Waals surface area contributed by atoms with Gasteiger partial charge in [-0.15, -0.1) is 4.48 Å². The van der Waals surface area contributed by atoms with E-state index < -0.39 is 40.3 Å². The molecule has 10 heteroatoms. The minimum absolute atomic E-state index is 0.0265. The van der Waals surface area contributed by atoms with E-state index in [0.717, 1.165) is 36.8 Å². The highest BCUT2D eigenvalue weighted by Gasteiger charge is 2.58. The summed E-state index contributed by atoms with van der Waals surface area (Å²) in [5.74, 6) is -2.85. The van der Waals surface area contributed by atoms with Gasteiger partial charge in [0.25, 0.3) is 0 Å². The highest BCUT2D eigenvalue weighted by Crippen LogP contribution is 2.28. The molecule has 10 nitrogen and oxygen atoms in total. The molecule has 0 aromatic heterocycles. The zero-order valence-corrected chi connectivity index (χ0v) is 23.8. The summed E-state index contributed by atoms with van der Waals surface area (Å²) in [7, 11) is 0. The molecule has 3 N–H and O–H groups in total. The molecule has 3 rings (SSSR count).